The van der Waals surface area contributed by atoms with E-state index in [0.29, 0.717) is 6.10 Å². The second kappa shape index (κ2) is 5.72. The third-order valence-corrected chi connectivity index (χ3v) is 3.18. The van der Waals surface area contributed by atoms with Crippen molar-refractivity contribution >= 4 is 0 Å². The van der Waals surface area contributed by atoms with Crippen molar-refractivity contribution in [1.82, 2.24) is 0 Å². The second-order valence-electron chi connectivity index (χ2n) is 4.92. The monoisotopic (exact) mass is 200 g/mol. The zero-order valence-electron chi connectivity index (χ0n) is 10.1. The smallest absolute Gasteiger partial charge is 0.183 e. The van der Waals surface area contributed by atoms with Crippen LogP contribution in [0.3, 0.4) is 0 Å². The summed E-state index contributed by atoms with van der Waals surface area (Å²) in [5.74, 6) is 0. The van der Waals surface area contributed by atoms with Crippen LogP contribution in [-0.2, 0) is 4.74 Å². The van der Waals surface area contributed by atoms with Gasteiger partial charge in [-0.15, -0.1) is 0 Å². The van der Waals surface area contributed by atoms with E-state index in [2.05, 4.69) is 20.8 Å². The van der Waals surface area contributed by atoms with Gasteiger partial charge in [-0.25, -0.2) is 0 Å². The van der Waals surface area contributed by atoms with Crippen molar-refractivity contribution in [3.8, 4) is 0 Å². The van der Waals surface area contributed by atoms with Gasteiger partial charge in [0.1, 0.15) is 0 Å². The molecule has 1 rings (SSSR count). The highest BCUT2D eigenvalue weighted by molar-refractivity contribution is 4.53. The van der Waals surface area contributed by atoms with E-state index in [1.807, 2.05) is 0 Å². The van der Waals surface area contributed by atoms with E-state index >= 15 is 0 Å². The average Bonchev–Trinajstić information content (AvgIpc) is 2.61. The van der Waals surface area contributed by atoms with Gasteiger partial charge in [0.05, 0.1) is 25.7 Å². The molecule has 0 unspecified atom stereocenters. The summed E-state index contributed by atoms with van der Waals surface area (Å²) in [6, 6.07) is 0. The van der Waals surface area contributed by atoms with Crippen molar-refractivity contribution < 1.29 is 9.22 Å². The maximum Gasteiger partial charge on any atom is 0.183 e. The summed E-state index contributed by atoms with van der Waals surface area (Å²) >= 11 is 0. The van der Waals surface area contributed by atoms with E-state index in [4.69, 9.17) is 4.74 Å². The van der Waals surface area contributed by atoms with Crippen LogP contribution in [0.4, 0.5) is 0 Å². The maximum absolute atomic E-state index is 5.80. The molecule has 84 valence electrons. The molecule has 0 radical (unpaired) electrons. The summed E-state index contributed by atoms with van der Waals surface area (Å²) in [6.45, 7) is 11.5. The second-order valence-corrected chi connectivity index (χ2v) is 4.92. The first-order chi connectivity index (χ1) is 6.68. The van der Waals surface area contributed by atoms with Gasteiger partial charge >= 0.3 is 0 Å². The van der Waals surface area contributed by atoms with Gasteiger partial charge in [-0.1, -0.05) is 13.3 Å². The summed E-state index contributed by atoms with van der Waals surface area (Å²) in [5, 5.41) is 0. The Labute approximate surface area is 88.8 Å². The predicted molar refractivity (Wildman–Crippen MR) is 60.1 cm³/mol. The number of quaternary nitrogens is 1. The Hall–Kier alpha value is -0.0800. The van der Waals surface area contributed by atoms with Crippen LogP contribution in [0.15, 0.2) is 0 Å². The molecule has 0 amide bonds. The molecule has 0 aromatic rings. The molecule has 0 N–H and O–H groups in total. The number of ether oxygens (including phenoxy) is 1. The Morgan fingerprint density at radius 3 is 2.36 bits per heavy atom. The zero-order chi connectivity index (χ0) is 10.4. The van der Waals surface area contributed by atoms with E-state index in [9.17, 15) is 0 Å². The highest BCUT2D eigenvalue weighted by Gasteiger charge is 2.31. The van der Waals surface area contributed by atoms with Crippen LogP contribution < -0.4 is 0 Å². The van der Waals surface area contributed by atoms with Gasteiger partial charge in [0.2, 0.25) is 0 Å². The van der Waals surface area contributed by atoms with E-state index in [-0.39, 0.29) is 0 Å². The molecule has 1 aliphatic rings. The summed E-state index contributed by atoms with van der Waals surface area (Å²) in [6.07, 6.45) is 5.83. The highest BCUT2D eigenvalue weighted by atomic mass is 16.5. The van der Waals surface area contributed by atoms with E-state index in [0.717, 1.165) is 6.73 Å². The number of likely N-dealkylation sites (tertiary alicyclic amines) is 1. The van der Waals surface area contributed by atoms with Crippen molar-refractivity contribution in [2.75, 3.05) is 26.4 Å². The third-order valence-electron chi connectivity index (χ3n) is 3.18. The van der Waals surface area contributed by atoms with Gasteiger partial charge in [-0.05, 0) is 20.3 Å². The molecule has 1 fully saturated rings. The average molecular weight is 200 g/mol. The number of nitrogens with zero attached hydrogens (tertiary/aromatic N) is 1. The van der Waals surface area contributed by atoms with Crippen LogP contribution >= 0.6 is 0 Å². The van der Waals surface area contributed by atoms with Crippen LogP contribution in [-0.4, -0.2) is 37.0 Å². The Morgan fingerprint density at radius 2 is 1.86 bits per heavy atom. The van der Waals surface area contributed by atoms with E-state index in [1.165, 1.54) is 49.8 Å². The molecule has 2 heteroatoms. The third kappa shape index (κ3) is 3.58. The van der Waals surface area contributed by atoms with Crippen LogP contribution in [0.1, 0.15) is 46.5 Å². The van der Waals surface area contributed by atoms with E-state index in [1.54, 1.807) is 0 Å². The summed E-state index contributed by atoms with van der Waals surface area (Å²) < 4.78 is 7.03. The van der Waals surface area contributed by atoms with Crippen molar-refractivity contribution in [2.45, 2.75) is 52.6 Å². The number of hydrogen-bond donors (Lipinski definition) is 0. The Kier molecular flexibility index (Phi) is 4.90. The van der Waals surface area contributed by atoms with E-state index < -0.39 is 0 Å². The van der Waals surface area contributed by atoms with Crippen molar-refractivity contribution in [1.29, 1.82) is 0 Å². The van der Waals surface area contributed by atoms with Gasteiger partial charge in [-0.2, -0.15) is 0 Å². The number of hydrogen-bond acceptors (Lipinski definition) is 1. The fourth-order valence-corrected chi connectivity index (χ4v) is 2.22. The highest BCUT2D eigenvalue weighted by Crippen LogP contribution is 2.20. The molecule has 0 aromatic carbocycles. The predicted octanol–water partition coefficient (Wildman–Crippen LogP) is 2.78. The van der Waals surface area contributed by atoms with Gasteiger partial charge in [-0.3, -0.25) is 0 Å². The normalized spacial score (nSPS) is 20.6. The van der Waals surface area contributed by atoms with Crippen molar-refractivity contribution in [2.24, 2.45) is 0 Å². The maximum atomic E-state index is 5.80. The van der Waals surface area contributed by atoms with Crippen molar-refractivity contribution in [3.63, 3.8) is 0 Å². The first-order valence-electron chi connectivity index (χ1n) is 6.15. The molecular weight excluding hydrogens is 174 g/mol. The molecule has 1 saturated heterocycles. The summed E-state index contributed by atoms with van der Waals surface area (Å²) in [4.78, 5) is 0. The molecule has 14 heavy (non-hydrogen) atoms. The molecule has 1 heterocycles. The molecule has 0 aliphatic carbocycles. The molecular formula is C12H26NO+. The van der Waals surface area contributed by atoms with Gasteiger partial charge < -0.3 is 9.22 Å². The lowest BCUT2D eigenvalue weighted by Gasteiger charge is -2.34. The quantitative estimate of drug-likeness (QED) is 0.599. The molecule has 0 saturated carbocycles. The van der Waals surface area contributed by atoms with Crippen molar-refractivity contribution in [3.05, 3.63) is 0 Å². The standard InChI is InChI=1S/C12H26NO/c1-4-5-8-13(9-6-7-10-13)11-14-12(2)3/h12H,4-11H2,1-3H3/q+1. The zero-order valence-corrected chi connectivity index (χ0v) is 10.1. The molecule has 1 aliphatic heterocycles. The van der Waals surface area contributed by atoms with Crippen LogP contribution in [0.25, 0.3) is 0 Å². The minimum absolute atomic E-state index is 0.382. The minimum atomic E-state index is 0.382. The topological polar surface area (TPSA) is 9.23 Å². The first kappa shape index (κ1) is 12.0. The molecule has 0 bridgehead atoms. The fourth-order valence-electron chi connectivity index (χ4n) is 2.22. The summed E-state index contributed by atoms with van der Waals surface area (Å²) in [5.41, 5.74) is 0. The Balaban J connectivity index is 2.36. The largest absolute Gasteiger partial charge is 0.329 e. The summed E-state index contributed by atoms with van der Waals surface area (Å²) in [7, 11) is 0. The number of rotatable bonds is 6. The van der Waals surface area contributed by atoms with Crippen LogP contribution in [0.5, 0.6) is 0 Å². The minimum Gasteiger partial charge on any atom is -0.329 e. The van der Waals surface area contributed by atoms with Crippen LogP contribution in [0, 0.1) is 0 Å². The van der Waals surface area contributed by atoms with Gasteiger partial charge in [0.25, 0.3) is 0 Å². The number of unbranched alkanes of at least 4 members (excludes halogenated alkanes) is 1. The Bertz CT molecular complexity index is 150. The molecule has 0 aromatic heterocycles. The lowest BCUT2D eigenvalue weighted by Crippen LogP contribution is -2.48. The molecule has 2 nitrogen and oxygen atoms in total. The van der Waals surface area contributed by atoms with Crippen LogP contribution in [0.2, 0.25) is 0 Å². The Morgan fingerprint density at radius 1 is 1.21 bits per heavy atom. The van der Waals surface area contributed by atoms with Gasteiger partial charge in [0, 0.05) is 12.8 Å². The lowest BCUT2D eigenvalue weighted by molar-refractivity contribution is -0.935. The van der Waals surface area contributed by atoms with Gasteiger partial charge in [0.15, 0.2) is 6.73 Å². The lowest BCUT2D eigenvalue weighted by atomic mass is 10.3. The fraction of sp³-hybridized carbons (Fsp3) is 1.00. The molecule has 0 atom stereocenters. The first-order valence-corrected chi connectivity index (χ1v) is 6.15. The SMILES string of the molecule is CCCC[N+]1(COC(C)C)CCCC1. The molecule has 0 spiro atoms.